The molecule has 1 aliphatic carbocycles. The molecule has 2 fully saturated rings. The first-order valence-electron chi connectivity index (χ1n) is 9.42. The fraction of sp³-hybridized carbons (Fsp3) is 0.600. The molecule has 2 aliphatic rings. The summed E-state index contributed by atoms with van der Waals surface area (Å²) in [5, 5.41) is 2.98. The van der Waals surface area contributed by atoms with Crippen LogP contribution in [0.1, 0.15) is 31.2 Å². The fourth-order valence-corrected chi connectivity index (χ4v) is 3.54. The summed E-state index contributed by atoms with van der Waals surface area (Å²) in [4.78, 5) is 26.8. The van der Waals surface area contributed by atoms with Crippen molar-refractivity contribution in [3.05, 3.63) is 17.7 Å². The zero-order chi connectivity index (χ0) is 19.4. The Hall–Kier alpha value is -2.44. The van der Waals surface area contributed by atoms with Crippen molar-refractivity contribution >= 4 is 11.8 Å². The van der Waals surface area contributed by atoms with E-state index >= 15 is 0 Å². The molecule has 148 valence electrons. The van der Waals surface area contributed by atoms with Crippen LogP contribution in [0, 0.1) is 11.8 Å². The molecule has 7 nitrogen and oxygen atoms in total. The molecule has 1 aromatic rings. The first kappa shape index (κ1) is 19.3. The van der Waals surface area contributed by atoms with Gasteiger partial charge in [-0.1, -0.05) is 0 Å². The number of methoxy groups -OCH3 is 3. The minimum Gasteiger partial charge on any atom is -0.496 e. The number of hydrogen-bond acceptors (Lipinski definition) is 5. The Balaban J connectivity index is 1.62. The second-order valence-electron chi connectivity index (χ2n) is 7.13. The lowest BCUT2D eigenvalue weighted by Gasteiger charge is -2.32. The maximum atomic E-state index is 12.7. The van der Waals surface area contributed by atoms with Gasteiger partial charge in [0, 0.05) is 37.2 Å². The average molecular weight is 376 g/mol. The number of nitrogens with zero attached hydrogens (tertiary/aromatic N) is 1. The summed E-state index contributed by atoms with van der Waals surface area (Å²) in [6.07, 6.45) is 3.66. The maximum absolute atomic E-state index is 12.7. The van der Waals surface area contributed by atoms with Gasteiger partial charge < -0.3 is 24.4 Å². The molecule has 1 atom stereocenters. The van der Waals surface area contributed by atoms with Crippen LogP contribution in [0.2, 0.25) is 0 Å². The van der Waals surface area contributed by atoms with Crippen molar-refractivity contribution in [2.45, 2.75) is 32.2 Å². The molecule has 0 aromatic heterocycles. The molecule has 0 bridgehead atoms. The Labute approximate surface area is 160 Å². The van der Waals surface area contributed by atoms with Crippen LogP contribution < -0.4 is 19.5 Å². The van der Waals surface area contributed by atoms with Gasteiger partial charge in [-0.2, -0.15) is 0 Å². The summed E-state index contributed by atoms with van der Waals surface area (Å²) in [6, 6.07) is 3.55. The van der Waals surface area contributed by atoms with Crippen molar-refractivity contribution in [1.29, 1.82) is 0 Å². The standard InChI is InChI=1S/C20H28N2O5/c1-25-16-10-18(27-3)17(26-2)9-15(16)11-21-19(23)14-5-4-8-22(12-14)20(24)13-6-7-13/h9-10,13-14H,4-8,11-12H2,1-3H3,(H,21,23). The second kappa shape index (κ2) is 8.50. The third-order valence-corrected chi connectivity index (χ3v) is 5.27. The van der Waals surface area contributed by atoms with Crippen LogP contribution in [0.5, 0.6) is 17.2 Å². The highest BCUT2D eigenvalue weighted by Crippen LogP contribution is 2.35. The quantitative estimate of drug-likeness (QED) is 0.787. The van der Waals surface area contributed by atoms with Gasteiger partial charge in [-0.05, 0) is 31.7 Å². The van der Waals surface area contributed by atoms with Crippen LogP contribution in [-0.2, 0) is 16.1 Å². The molecule has 1 N–H and O–H groups in total. The molecular formula is C20H28N2O5. The molecule has 1 aromatic carbocycles. The molecule has 27 heavy (non-hydrogen) atoms. The summed E-state index contributed by atoms with van der Waals surface area (Å²) in [6.45, 7) is 1.61. The van der Waals surface area contributed by atoms with Crippen LogP contribution in [0.3, 0.4) is 0 Å². The van der Waals surface area contributed by atoms with Crippen LogP contribution in [0.15, 0.2) is 12.1 Å². The van der Waals surface area contributed by atoms with E-state index in [2.05, 4.69) is 5.32 Å². The van der Waals surface area contributed by atoms with Gasteiger partial charge in [0.25, 0.3) is 0 Å². The molecule has 2 amide bonds. The summed E-state index contributed by atoms with van der Waals surface area (Å²) >= 11 is 0. The first-order chi connectivity index (χ1) is 13.1. The minimum atomic E-state index is -0.160. The molecule has 7 heteroatoms. The summed E-state index contributed by atoms with van der Waals surface area (Å²) in [5.74, 6) is 2.01. The summed E-state index contributed by atoms with van der Waals surface area (Å²) in [5.41, 5.74) is 0.810. The normalized spacial score (nSPS) is 19.4. The Bertz CT molecular complexity index is 702. The molecule has 1 saturated carbocycles. The number of carbonyl (C=O) groups excluding carboxylic acids is 2. The maximum Gasteiger partial charge on any atom is 0.225 e. The highest BCUT2D eigenvalue weighted by atomic mass is 16.5. The van der Waals surface area contributed by atoms with Crippen LogP contribution >= 0.6 is 0 Å². The van der Waals surface area contributed by atoms with E-state index in [9.17, 15) is 9.59 Å². The fourth-order valence-electron chi connectivity index (χ4n) is 3.54. The number of rotatable bonds is 7. The van der Waals surface area contributed by atoms with Gasteiger partial charge >= 0.3 is 0 Å². The van der Waals surface area contributed by atoms with Crippen molar-refractivity contribution in [3.8, 4) is 17.2 Å². The molecule has 1 heterocycles. The van der Waals surface area contributed by atoms with E-state index in [0.717, 1.165) is 37.8 Å². The zero-order valence-corrected chi connectivity index (χ0v) is 16.2. The molecular weight excluding hydrogens is 348 g/mol. The van der Waals surface area contributed by atoms with Crippen molar-refractivity contribution in [1.82, 2.24) is 10.2 Å². The van der Waals surface area contributed by atoms with Crippen molar-refractivity contribution in [3.63, 3.8) is 0 Å². The predicted molar refractivity (Wildman–Crippen MR) is 100.0 cm³/mol. The molecule has 0 radical (unpaired) electrons. The summed E-state index contributed by atoms with van der Waals surface area (Å²) in [7, 11) is 4.71. The Morgan fingerprint density at radius 1 is 1.00 bits per heavy atom. The lowest BCUT2D eigenvalue weighted by molar-refractivity contribution is -0.136. The van der Waals surface area contributed by atoms with Crippen LogP contribution in [0.25, 0.3) is 0 Å². The number of nitrogens with one attached hydrogen (secondary N) is 1. The van der Waals surface area contributed by atoms with Gasteiger partial charge in [0.05, 0.1) is 27.2 Å². The second-order valence-corrected chi connectivity index (χ2v) is 7.13. The average Bonchev–Trinajstić information content (AvgIpc) is 3.56. The molecule has 0 spiro atoms. The van der Waals surface area contributed by atoms with E-state index in [1.54, 1.807) is 27.4 Å². The number of ether oxygens (including phenoxy) is 3. The first-order valence-corrected chi connectivity index (χ1v) is 9.42. The van der Waals surface area contributed by atoms with E-state index < -0.39 is 0 Å². The predicted octanol–water partition coefficient (Wildman–Crippen LogP) is 1.98. The van der Waals surface area contributed by atoms with Gasteiger partial charge in [-0.3, -0.25) is 9.59 Å². The molecule has 1 unspecified atom stereocenters. The third kappa shape index (κ3) is 4.46. The number of amides is 2. The van der Waals surface area contributed by atoms with Crippen molar-refractivity contribution < 1.29 is 23.8 Å². The van der Waals surface area contributed by atoms with E-state index in [1.807, 2.05) is 11.0 Å². The smallest absolute Gasteiger partial charge is 0.225 e. The zero-order valence-electron chi connectivity index (χ0n) is 16.2. The topological polar surface area (TPSA) is 77.1 Å². The van der Waals surface area contributed by atoms with Crippen LogP contribution in [-0.4, -0.2) is 51.1 Å². The van der Waals surface area contributed by atoms with Gasteiger partial charge in [-0.15, -0.1) is 0 Å². The number of benzene rings is 1. The largest absolute Gasteiger partial charge is 0.496 e. The Morgan fingerprint density at radius 2 is 1.67 bits per heavy atom. The highest BCUT2D eigenvalue weighted by Gasteiger charge is 2.36. The van der Waals surface area contributed by atoms with E-state index in [0.29, 0.717) is 30.3 Å². The third-order valence-electron chi connectivity index (χ3n) is 5.27. The van der Waals surface area contributed by atoms with Crippen molar-refractivity contribution in [2.24, 2.45) is 11.8 Å². The highest BCUT2D eigenvalue weighted by molar-refractivity contribution is 5.83. The van der Waals surface area contributed by atoms with Crippen molar-refractivity contribution in [2.75, 3.05) is 34.4 Å². The Morgan fingerprint density at radius 3 is 2.30 bits per heavy atom. The lowest BCUT2D eigenvalue weighted by atomic mass is 9.96. The van der Waals surface area contributed by atoms with Gasteiger partial charge in [0.2, 0.25) is 11.8 Å². The molecule has 1 aliphatic heterocycles. The number of piperidine rings is 1. The Kier molecular flexibility index (Phi) is 6.08. The SMILES string of the molecule is COc1cc(OC)c(OC)cc1CNC(=O)C1CCCN(C(=O)C2CC2)C1. The van der Waals surface area contributed by atoms with E-state index in [1.165, 1.54) is 0 Å². The summed E-state index contributed by atoms with van der Waals surface area (Å²) < 4.78 is 16.0. The van der Waals surface area contributed by atoms with E-state index in [-0.39, 0.29) is 23.7 Å². The molecule has 3 rings (SSSR count). The number of carbonyl (C=O) groups is 2. The number of hydrogen-bond donors (Lipinski definition) is 1. The number of likely N-dealkylation sites (tertiary alicyclic amines) is 1. The van der Waals surface area contributed by atoms with Gasteiger partial charge in [0.15, 0.2) is 11.5 Å². The van der Waals surface area contributed by atoms with Gasteiger partial charge in [0.1, 0.15) is 5.75 Å². The van der Waals surface area contributed by atoms with E-state index in [4.69, 9.17) is 14.2 Å². The monoisotopic (exact) mass is 376 g/mol. The lowest BCUT2D eigenvalue weighted by Crippen LogP contribution is -2.45. The van der Waals surface area contributed by atoms with Crippen LogP contribution in [0.4, 0.5) is 0 Å². The molecule has 1 saturated heterocycles. The van der Waals surface area contributed by atoms with Gasteiger partial charge in [-0.25, -0.2) is 0 Å². The minimum absolute atomic E-state index is 0.0277.